The van der Waals surface area contributed by atoms with Crippen LogP contribution in [0.5, 0.6) is 0 Å². The zero-order valence-electron chi connectivity index (χ0n) is 18.9. The first-order valence-electron chi connectivity index (χ1n) is 11.1. The van der Waals surface area contributed by atoms with Gasteiger partial charge in [0, 0.05) is 16.8 Å². The standard InChI is InChI=1S/C24H23N9O/c1-3-4-9-16-14-15(2)21(23-27-31-32-28-23)24(34)33(16)20-13-8-7-11-18(20)17-10-5-6-12-19(17)22-25-29-30-26-22/h5-8,10-14H,3-4,9H2,1-2H3,(H,25,26,29,30)(H,27,28,31,32). The van der Waals surface area contributed by atoms with Gasteiger partial charge in [-0.3, -0.25) is 9.36 Å². The fraction of sp³-hybridized carbons (Fsp3) is 0.208. The first kappa shape index (κ1) is 21.4. The molecule has 0 saturated carbocycles. The average molecular weight is 454 g/mol. The molecule has 34 heavy (non-hydrogen) atoms. The molecule has 3 aromatic heterocycles. The predicted octanol–water partition coefficient (Wildman–Crippen LogP) is 3.52. The number of nitrogens with one attached hydrogen (secondary N) is 2. The molecule has 0 fully saturated rings. The van der Waals surface area contributed by atoms with Crippen molar-refractivity contribution in [3.05, 3.63) is 76.2 Å². The summed E-state index contributed by atoms with van der Waals surface area (Å²) in [6, 6.07) is 17.8. The third kappa shape index (κ3) is 3.79. The molecule has 0 saturated heterocycles. The SMILES string of the molecule is CCCCc1cc(C)c(-c2nnn[nH]2)c(=O)n1-c1ccccc1-c1ccccc1-c1nnn[nH]1. The number of nitrogens with zero attached hydrogens (tertiary/aromatic N) is 7. The second-order valence-electron chi connectivity index (χ2n) is 8.00. The molecule has 0 radical (unpaired) electrons. The van der Waals surface area contributed by atoms with E-state index in [1.807, 2.05) is 55.5 Å². The van der Waals surface area contributed by atoms with Crippen LogP contribution < -0.4 is 5.56 Å². The van der Waals surface area contributed by atoms with Gasteiger partial charge in [-0.1, -0.05) is 55.8 Å². The van der Waals surface area contributed by atoms with E-state index in [0.29, 0.717) is 17.2 Å². The number of H-pyrrole nitrogens is 2. The second-order valence-corrected chi connectivity index (χ2v) is 8.00. The summed E-state index contributed by atoms with van der Waals surface area (Å²) < 4.78 is 1.78. The van der Waals surface area contributed by atoms with Crippen LogP contribution >= 0.6 is 0 Å². The van der Waals surface area contributed by atoms with Gasteiger partial charge in [-0.2, -0.15) is 0 Å². The second kappa shape index (κ2) is 9.18. The lowest BCUT2D eigenvalue weighted by molar-refractivity contribution is 0.743. The van der Waals surface area contributed by atoms with Crippen LogP contribution in [0.15, 0.2) is 59.4 Å². The number of para-hydroxylation sites is 1. The van der Waals surface area contributed by atoms with E-state index in [9.17, 15) is 4.79 Å². The van der Waals surface area contributed by atoms with Gasteiger partial charge in [-0.05, 0) is 63.9 Å². The van der Waals surface area contributed by atoms with Gasteiger partial charge in [-0.25, -0.2) is 10.2 Å². The number of hydrogen-bond acceptors (Lipinski definition) is 7. The molecule has 0 aliphatic rings. The van der Waals surface area contributed by atoms with Gasteiger partial charge >= 0.3 is 0 Å². The summed E-state index contributed by atoms with van der Waals surface area (Å²) in [6.45, 7) is 4.05. The molecule has 0 unspecified atom stereocenters. The third-order valence-corrected chi connectivity index (χ3v) is 5.81. The molecule has 10 heteroatoms. The Bertz CT molecular complexity index is 1470. The number of unbranched alkanes of at least 4 members (excludes halogenated alkanes) is 1. The largest absolute Gasteiger partial charge is 0.280 e. The van der Waals surface area contributed by atoms with Crippen molar-refractivity contribution in [1.82, 2.24) is 45.8 Å². The molecule has 0 spiro atoms. The maximum atomic E-state index is 14.0. The number of benzene rings is 2. The lowest BCUT2D eigenvalue weighted by Gasteiger charge is -2.20. The van der Waals surface area contributed by atoms with E-state index in [1.54, 1.807) is 4.57 Å². The van der Waals surface area contributed by atoms with Gasteiger partial charge in [0.1, 0.15) is 0 Å². The van der Waals surface area contributed by atoms with Crippen LogP contribution in [-0.2, 0) is 6.42 Å². The quantitative estimate of drug-likeness (QED) is 0.385. The zero-order chi connectivity index (χ0) is 23.5. The summed E-state index contributed by atoms with van der Waals surface area (Å²) in [7, 11) is 0. The van der Waals surface area contributed by atoms with Crippen molar-refractivity contribution < 1.29 is 0 Å². The molecule has 0 atom stereocenters. The van der Waals surface area contributed by atoms with E-state index in [0.717, 1.165) is 52.9 Å². The first-order valence-corrected chi connectivity index (χ1v) is 11.1. The van der Waals surface area contributed by atoms with Crippen LogP contribution in [0, 0.1) is 6.92 Å². The molecule has 10 nitrogen and oxygen atoms in total. The highest BCUT2D eigenvalue weighted by molar-refractivity contribution is 5.85. The number of aromatic amines is 2. The number of tetrazole rings is 2. The summed E-state index contributed by atoms with van der Waals surface area (Å²) in [5.41, 5.74) is 5.46. The van der Waals surface area contributed by atoms with E-state index in [2.05, 4.69) is 54.2 Å². The summed E-state index contributed by atoms with van der Waals surface area (Å²) in [5.74, 6) is 0.908. The van der Waals surface area contributed by atoms with Gasteiger partial charge in [0.05, 0.1) is 11.3 Å². The maximum Gasteiger partial charge on any atom is 0.266 e. The fourth-order valence-electron chi connectivity index (χ4n) is 4.25. The molecule has 5 rings (SSSR count). The van der Waals surface area contributed by atoms with Crippen molar-refractivity contribution in [1.29, 1.82) is 0 Å². The molecule has 3 heterocycles. The number of rotatable bonds is 7. The highest BCUT2D eigenvalue weighted by Gasteiger charge is 2.21. The molecular weight excluding hydrogens is 430 g/mol. The molecule has 170 valence electrons. The Hall–Kier alpha value is -4.47. The predicted molar refractivity (Wildman–Crippen MR) is 127 cm³/mol. The number of aromatic nitrogens is 9. The van der Waals surface area contributed by atoms with Crippen molar-refractivity contribution in [2.75, 3.05) is 0 Å². The van der Waals surface area contributed by atoms with Gasteiger partial charge < -0.3 is 0 Å². The molecule has 0 aliphatic heterocycles. The summed E-state index contributed by atoms with van der Waals surface area (Å²) in [6.07, 6.45) is 2.75. The van der Waals surface area contributed by atoms with Crippen LogP contribution in [0.4, 0.5) is 0 Å². The Morgan fingerprint density at radius 2 is 1.50 bits per heavy atom. The number of pyridine rings is 1. The van der Waals surface area contributed by atoms with Gasteiger partial charge in [0.25, 0.3) is 5.56 Å². The topological polar surface area (TPSA) is 131 Å². The van der Waals surface area contributed by atoms with Crippen molar-refractivity contribution in [2.24, 2.45) is 0 Å². The fourth-order valence-corrected chi connectivity index (χ4v) is 4.25. The Morgan fingerprint density at radius 1 is 0.853 bits per heavy atom. The average Bonchev–Trinajstić information content (AvgIpc) is 3.58. The Balaban J connectivity index is 1.79. The Labute approximate surface area is 195 Å². The maximum absolute atomic E-state index is 14.0. The molecule has 2 aromatic carbocycles. The van der Waals surface area contributed by atoms with E-state index in [-0.39, 0.29) is 5.56 Å². The zero-order valence-corrected chi connectivity index (χ0v) is 18.9. The van der Waals surface area contributed by atoms with Crippen LogP contribution in [0.3, 0.4) is 0 Å². The first-order chi connectivity index (χ1) is 16.7. The number of aryl methyl sites for hydroxylation is 2. The van der Waals surface area contributed by atoms with Gasteiger partial charge in [-0.15, -0.1) is 10.2 Å². The lowest BCUT2D eigenvalue weighted by atomic mass is 9.96. The van der Waals surface area contributed by atoms with E-state index in [1.165, 1.54) is 0 Å². The molecule has 2 N–H and O–H groups in total. The number of hydrogen-bond donors (Lipinski definition) is 2. The highest BCUT2D eigenvalue weighted by atomic mass is 16.1. The van der Waals surface area contributed by atoms with Crippen molar-refractivity contribution in [3.63, 3.8) is 0 Å². The minimum Gasteiger partial charge on any atom is -0.280 e. The normalized spacial score (nSPS) is 11.1. The van der Waals surface area contributed by atoms with E-state index < -0.39 is 0 Å². The van der Waals surface area contributed by atoms with Crippen LogP contribution in [-0.4, -0.2) is 45.8 Å². The molecular formula is C24H23N9O. The van der Waals surface area contributed by atoms with Crippen molar-refractivity contribution in [2.45, 2.75) is 33.1 Å². The van der Waals surface area contributed by atoms with Crippen LogP contribution in [0.25, 0.3) is 39.6 Å². The summed E-state index contributed by atoms with van der Waals surface area (Å²) in [5, 5.41) is 28.5. The van der Waals surface area contributed by atoms with Gasteiger partial charge in [0.2, 0.25) is 0 Å². The van der Waals surface area contributed by atoms with Crippen molar-refractivity contribution >= 4 is 0 Å². The molecule has 0 aliphatic carbocycles. The smallest absolute Gasteiger partial charge is 0.266 e. The monoisotopic (exact) mass is 453 g/mol. The summed E-state index contributed by atoms with van der Waals surface area (Å²) >= 11 is 0. The van der Waals surface area contributed by atoms with Crippen LogP contribution in [0.2, 0.25) is 0 Å². The molecule has 5 aromatic rings. The van der Waals surface area contributed by atoms with Gasteiger partial charge in [0.15, 0.2) is 11.6 Å². The highest BCUT2D eigenvalue weighted by Crippen LogP contribution is 2.34. The molecule has 0 amide bonds. The Kier molecular flexibility index (Phi) is 5.77. The van der Waals surface area contributed by atoms with E-state index >= 15 is 0 Å². The minimum absolute atomic E-state index is 0.170. The lowest BCUT2D eigenvalue weighted by Crippen LogP contribution is -2.25. The van der Waals surface area contributed by atoms with Crippen molar-refractivity contribution in [3.8, 4) is 39.6 Å². The molecule has 0 bridgehead atoms. The summed E-state index contributed by atoms with van der Waals surface area (Å²) in [4.78, 5) is 14.0. The minimum atomic E-state index is -0.170. The van der Waals surface area contributed by atoms with Crippen LogP contribution in [0.1, 0.15) is 31.0 Å². The van der Waals surface area contributed by atoms with E-state index in [4.69, 9.17) is 0 Å². The Morgan fingerprint density at radius 3 is 2.18 bits per heavy atom. The third-order valence-electron chi connectivity index (χ3n) is 5.81.